The van der Waals surface area contributed by atoms with Crippen LogP contribution in [0.2, 0.25) is 0 Å². The lowest BCUT2D eigenvalue weighted by molar-refractivity contribution is 0.153. The Morgan fingerprint density at radius 3 is 2.41 bits per heavy atom. The third kappa shape index (κ3) is 5.38. The van der Waals surface area contributed by atoms with Crippen molar-refractivity contribution in [1.82, 2.24) is 0 Å². The summed E-state index contributed by atoms with van der Waals surface area (Å²) in [5.74, 6) is 0. The Balaban J connectivity index is 1.90. The maximum atomic E-state index is 12.3. The molecule has 0 N–H and O–H groups in total. The van der Waals surface area contributed by atoms with E-state index in [4.69, 9.17) is 8.92 Å². The number of hydrogen-bond acceptors (Lipinski definition) is 4. The lowest BCUT2D eigenvalue weighted by Gasteiger charge is -2.15. The zero-order valence-corrected chi connectivity index (χ0v) is 14.3. The van der Waals surface area contributed by atoms with Crippen molar-refractivity contribution in [3.05, 3.63) is 29.8 Å². The standard InChI is InChI=1S/C17H26O4S/c1-3-4-5-6-7-8-16(17-13-20-17)21-22(18,19)15-11-9-14(2)10-12-15/h9-12,16-17H,3-8,13H2,1-2H3/t16-,17-/m0/s1. The van der Waals surface area contributed by atoms with E-state index in [0.29, 0.717) is 6.61 Å². The maximum Gasteiger partial charge on any atom is 0.297 e. The van der Waals surface area contributed by atoms with Crippen LogP contribution in [0.1, 0.15) is 51.0 Å². The van der Waals surface area contributed by atoms with E-state index in [0.717, 1.165) is 24.8 Å². The topological polar surface area (TPSA) is 55.9 Å². The quantitative estimate of drug-likeness (QED) is 0.372. The lowest BCUT2D eigenvalue weighted by Crippen LogP contribution is -2.24. The number of hydrogen-bond donors (Lipinski definition) is 0. The molecular formula is C17H26O4S. The Labute approximate surface area is 134 Å². The molecule has 5 heteroatoms. The Bertz CT molecular complexity index is 547. The molecule has 1 saturated heterocycles. The van der Waals surface area contributed by atoms with Crippen molar-refractivity contribution in [2.75, 3.05) is 6.61 Å². The second kappa shape index (κ2) is 8.09. The van der Waals surface area contributed by atoms with Crippen LogP contribution in [0.4, 0.5) is 0 Å². The molecule has 0 saturated carbocycles. The third-order valence-electron chi connectivity index (χ3n) is 3.93. The highest BCUT2D eigenvalue weighted by Gasteiger charge is 2.36. The molecule has 2 atom stereocenters. The van der Waals surface area contributed by atoms with Gasteiger partial charge in [-0.2, -0.15) is 8.42 Å². The second-order valence-corrected chi connectivity index (χ2v) is 7.55. The number of ether oxygens (including phenoxy) is 1. The van der Waals surface area contributed by atoms with Crippen molar-refractivity contribution in [2.24, 2.45) is 0 Å². The van der Waals surface area contributed by atoms with Crippen LogP contribution in [0.25, 0.3) is 0 Å². The monoisotopic (exact) mass is 326 g/mol. The van der Waals surface area contributed by atoms with Gasteiger partial charge in [0.15, 0.2) is 0 Å². The predicted molar refractivity (Wildman–Crippen MR) is 86.4 cm³/mol. The number of unbranched alkanes of at least 4 members (excludes halogenated alkanes) is 4. The summed E-state index contributed by atoms with van der Waals surface area (Å²) in [5.41, 5.74) is 1.02. The number of epoxide rings is 1. The summed E-state index contributed by atoms with van der Waals surface area (Å²) in [6.07, 6.45) is 6.04. The predicted octanol–water partition coefficient (Wildman–Crippen LogP) is 3.83. The van der Waals surface area contributed by atoms with Gasteiger partial charge in [0.05, 0.1) is 11.5 Å². The first kappa shape index (κ1) is 17.4. The van der Waals surface area contributed by atoms with Crippen LogP contribution in [0.15, 0.2) is 29.2 Å². The molecular weight excluding hydrogens is 300 g/mol. The largest absolute Gasteiger partial charge is 0.370 e. The van der Waals surface area contributed by atoms with Crippen LogP contribution in [0.3, 0.4) is 0 Å². The number of rotatable bonds is 10. The van der Waals surface area contributed by atoms with Crippen LogP contribution in [-0.4, -0.2) is 27.2 Å². The van der Waals surface area contributed by atoms with Crippen molar-refractivity contribution in [3.8, 4) is 0 Å². The van der Waals surface area contributed by atoms with Gasteiger partial charge in [0, 0.05) is 0 Å². The van der Waals surface area contributed by atoms with Crippen LogP contribution in [0.5, 0.6) is 0 Å². The molecule has 0 amide bonds. The average molecular weight is 326 g/mol. The van der Waals surface area contributed by atoms with E-state index in [1.54, 1.807) is 24.3 Å². The minimum absolute atomic E-state index is 0.0635. The maximum absolute atomic E-state index is 12.3. The summed E-state index contributed by atoms with van der Waals surface area (Å²) in [5, 5.41) is 0. The van der Waals surface area contributed by atoms with Gasteiger partial charge in [0.1, 0.15) is 12.2 Å². The molecule has 1 aliphatic heterocycles. The summed E-state index contributed by atoms with van der Waals surface area (Å²) < 4.78 is 35.4. The van der Waals surface area contributed by atoms with Gasteiger partial charge in [-0.05, 0) is 25.5 Å². The summed E-state index contributed by atoms with van der Waals surface area (Å²) >= 11 is 0. The molecule has 22 heavy (non-hydrogen) atoms. The first-order valence-electron chi connectivity index (χ1n) is 8.14. The van der Waals surface area contributed by atoms with Crippen LogP contribution >= 0.6 is 0 Å². The second-order valence-electron chi connectivity index (χ2n) is 5.98. The zero-order valence-electron chi connectivity index (χ0n) is 13.5. The SMILES string of the molecule is CCCCCCC[C@H](OS(=O)(=O)c1ccc(C)cc1)[C@@H]1CO1. The smallest absolute Gasteiger partial charge is 0.297 e. The Hall–Kier alpha value is -0.910. The van der Waals surface area contributed by atoms with Gasteiger partial charge >= 0.3 is 0 Å². The van der Waals surface area contributed by atoms with Gasteiger partial charge < -0.3 is 4.74 Å². The highest BCUT2D eigenvalue weighted by atomic mass is 32.2. The summed E-state index contributed by atoms with van der Waals surface area (Å²) in [6, 6.07) is 6.75. The first-order chi connectivity index (χ1) is 10.5. The molecule has 0 bridgehead atoms. The Kier molecular flexibility index (Phi) is 6.41. The van der Waals surface area contributed by atoms with E-state index in [9.17, 15) is 8.42 Å². The summed E-state index contributed by atoms with van der Waals surface area (Å²) in [4.78, 5) is 0.217. The van der Waals surface area contributed by atoms with Crippen LogP contribution in [-0.2, 0) is 19.0 Å². The van der Waals surface area contributed by atoms with E-state index >= 15 is 0 Å². The first-order valence-corrected chi connectivity index (χ1v) is 9.55. The molecule has 0 radical (unpaired) electrons. The molecule has 1 aromatic carbocycles. The fourth-order valence-electron chi connectivity index (χ4n) is 2.44. The minimum atomic E-state index is -3.71. The molecule has 1 fully saturated rings. The van der Waals surface area contributed by atoms with Crippen LogP contribution in [0, 0.1) is 6.92 Å². The van der Waals surface area contributed by atoms with E-state index in [1.807, 2.05) is 6.92 Å². The van der Waals surface area contributed by atoms with Gasteiger partial charge in [-0.25, -0.2) is 0 Å². The number of benzene rings is 1. The molecule has 4 nitrogen and oxygen atoms in total. The van der Waals surface area contributed by atoms with Crippen molar-refractivity contribution >= 4 is 10.1 Å². The molecule has 1 aromatic rings. The fourth-order valence-corrected chi connectivity index (χ4v) is 3.56. The normalized spacial score (nSPS) is 19.1. The molecule has 0 spiro atoms. The van der Waals surface area contributed by atoms with Gasteiger partial charge in [-0.1, -0.05) is 56.7 Å². The molecule has 0 aliphatic carbocycles. The zero-order chi connectivity index (χ0) is 16.0. The molecule has 124 valence electrons. The van der Waals surface area contributed by atoms with E-state index in [1.165, 1.54) is 19.3 Å². The minimum Gasteiger partial charge on any atom is -0.370 e. The molecule has 0 unspecified atom stereocenters. The number of aryl methyl sites for hydroxylation is 1. The van der Waals surface area contributed by atoms with Crippen LogP contribution < -0.4 is 0 Å². The van der Waals surface area contributed by atoms with Crippen molar-refractivity contribution in [3.63, 3.8) is 0 Å². The Morgan fingerprint density at radius 1 is 1.18 bits per heavy atom. The van der Waals surface area contributed by atoms with Crippen molar-refractivity contribution in [2.45, 2.75) is 69.5 Å². The lowest BCUT2D eigenvalue weighted by atomic mass is 10.1. The van der Waals surface area contributed by atoms with E-state index < -0.39 is 10.1 Å². The summed E-state index contributed by atoms with van der Waals surface area (Å²) in [6.45, 7) is 4.70. The average Bonchev–Trinajstić information content (AvgIpc) is 3.31. The summed E-state index contributed by atoms with van der Waals surface area (Å²) in [7, 11) is -3.71. The van der Waals surface area contributed by atoms with Gasteiger partial charge in [-0.15, -0.1) is 0 Å². The highest BCUT2D eigenvalue weighted by Crippen LogP contribution is 2.26. The highest BCUT2D eigenvalue weighted by molar-refractivity contribution is 7.86. The fraction of sp³-hybridized carbons (Fsp3) is 0.647. The molecule has 0 aromatic heterocycles. The van der Waals surface area contributed by atoms with Gasteiger partial charge in [0.25, 0.3) is 10.1 Å². The van der Waals surface area contributed by atoms with E-state index in [2.05, 4.69) is 6.92 Å². The van der Waals surface area contributed by atoms with Crippen molar-refractivity contribution in [1.29, 1.82) is 0 Å². The third-order valence-corrected chi connectivity index (χ3v) is 5.28. The van der Waals surface area contributed by atoms with E-state index in [-0.39, 0.29) is 17.1 Å². The molecule has 1 heterocycles. The molecule has 1 aliphatic rings. The van der Waals surface area contributed by atoms with Crippen molar-refractivity contribution < 1.29 is 17.3 Å². The van der Waals surface area contributed by atoms with Gasteiger partial charge in [-0.3, -0.25) is 4.18 Å². The Morgan fingerprint density at radius 2 is 1.82 bits per heavy atom. The molecule has 2 rings (SSSR count). The van der Waals surface area contributed by atoms with Gasteiger partial charge in [0.2, 0.25) is 0 Å².